The summed E-state index contributed by atoms with van der Waals surface area (Å²) in [6.45, 7) is 6.18. The molecule has 1 heterocycles. The van der Waals surface area contributed by atoms with Gasteiger partial charge in [-0.3, -0.25) is 9.59 Å². The summed E-state index contributed by atoms with van der Waals surface area (Å²) in [4.78, 5) is 36.1. The van der Waals surface area contributed by atoms with E-state index in [0.29, 0.717) is 24.2 Å². The van der Waals surface area contributed by atoms with Crippen molar-refractivity contribution in [3.63, 3.8) is 0 Å². The van der Waals surface area contributed by atoms with Crippen molar-refractivity contribution in [2.24, 2.45) is 5.92 Å². The molecule has 1 fully saturated rings. The fourth-order valence-electron chi connectivity index (χ4n) is 2.08. The highest BCUT2D eigenvalue weighted by Crippen LogP contribution is 2.23. The number of rotatable bonds is 3. The Kier molecular flexibility index (Phi) is 4.11. The van der Waals surface area contributed by atoms with Crippen LogP contribution in [0.1, 0.15) is 41.5 Å². The van der Waals surface area contributed by atoms with Gasteiger partial charge in [0.1, 0.15) is 11.9 Å². The second kappa shape index (κ2) is 5.68. The van der Waals surface area contributed by atoms with Crippen molar-refractivity contribution < 1.29 is 19.1 Å². The standard InChI is InChI=1S/C16H19NO4/c1-16(2,3)21-15(20)17-8-13(9-17)14(19)12-6-4-11(10-18)5-7-12/h4-7,10,13H,8-9H2,1-3H3. The van der Waals surface area contributed by atoms with Gasteiger partial charge in [-0.25, -0.2) is 4.79 Å². The molecule has 0 spiro atoms. The highest BCUT2D eigenvalue weighted by molar-refractivity contribution is 5.99. The molecule has 0 unspecified atom stereocenters. The van der Waals surface area contributed by atoms with Crippen molar-refractivity contribution in [2.75, 3.05) is 13.1 Å². The fraction of sp³-hybridized carbons (Fsp3) is 0.438. The molecule has 0 saturated carbocycles. The van der Waals surface area contributed by atoms with E-state index in [1.807, 2.05) is 20.8 Å². The highest BCUT2D eigenvalue weighted by Gasteiger charge is 2.37. The van der Waals surface area contributed by atoms with Crippen molar-refractivity contribution in [1.82, 2.24) is 4.90 Å². The molecule has 0 radical (unpaired) electrons. The molecule has 112 valence electrons. The first-order chi connectivity index (χ1) is 9.80. The first-order valence-electron chi connectivity index (χ1n) is 6.87. The van der Waals surface area contributed by atoms with Gasteiger partial charge in [0.05, 0.1) is 5.92 Å². The van der Waals surface area contributed by atoms with Gasteiger partial charge in [0.25, 0.3) is 0 Å². The summed E-state index contributed by atoms with van der Waals surface area (Å²) in [5.74, 6) is -0.202. The summed E-state index contributed by atoms with van der Waals surface area (Å²) in [6.07, 6.45) is 0.352. The van der Waals surface area contributed by atoms with Crippen LogP contribution in [-0.4, -0.2) is 41.8 Å². The summed E-state index contributed by atoms with van der Waals surface area (Å²) >= 11 is 0. The van der Waals surface area contributed by atoms with Crippen LogP contribution in [0.3, 0.4) is 0 Å². The van der Waals surface area contributed by atoms with E-state index in [4.69, 9.17) is 4.74 Å². The van der Waals surface area contributed by atoms with E-state index >= 15 is 0 Å². The van der Waals surface area contributed by atoms with Crippen molar-refractivity contribution in [3.05, 3.63) is 35.4 Å². The number of hydrogen-bond acceptors (Lipinski definition) is 4. The number of ether oxygens (including phenoxy) is 1. The van der Waals surface area contributed by atoms with Crippen LogP contribution in [0.5, 0.6) is 0 Å². The summed E-state index contributed by atoms with van der Waals surface area (Å²) in [7, 11) is 0. The van der Waals surface area contributed by atoms with E-state index in [0.717, 1.165) is 6.29 Å². The van der Waals surface area contributed by atoms with Gasteiger partial charge < -0.3 is 9.64 Å². The predicted molar refractivity (Wildman–Crippen MR) is 77.5 cm³/mol. The topological polar surface area (TPSA) is 63.7 Å². The third-order valence-corrected chi connectivity index (χ3v) is 3.24. The van der Waals surface area contributed by atoms with Gasteiger partial charge in [0, 0.05) is 24.2 Å². The molecule has 1 aliphatic heterocycles. The molecule has 0 aliphatic carbocycles. The maximum atomic E-state index is 12.2. The molecule has 2 rings (SSSR count). The van der Waals surface area contributed by atoms with E-state index in [9.17, 15) is 14.4 Å². The molecule has 1 amide bonds. The number of amides is 1. The second-order valence-corrected chi connectivity index (χ2v) is 6.19. The van der Waals surface area contributed by atoms with Crippen molar-refractivity contribution in [2.45, 2.75) is 26.4 Å². The van der Waals surface area contributed by atoms with Gasteiger partial charge in [0.2, 0.25) is 0 Å². The number of aldehydes is 1. The van der Waals surface area contributed by atoms with Crippen LogP contribution in [-0.2, 0) is 4.74 Å². The Hall–Kier alpha value is -2.17. The minimum Gasteiger partial charge on any atom is -0.444 e. The van der Waals surface area contributed by atoms with Crippen LogP contribution in [0.4, 0.5) is 4.79 Å². The van der Waals surface area contributed by atoms with Crippen LogP contribution >= 0.6 is 0 Å². The third kappa shape index (κ3) is 3.68. The quantitative estimate of drug-likeness (QED) is 0.633. The maximum Gasteiger partial charge on any atom is 0.410 e. The number of carbonyl (C=O) groups is 3. The average molecular weight is 289 g/mol. The summed E-state index contributed by atoms with van der Waals surface area (Å²) in [5.41, 5.74) is 0.571. The second-order valence-electron chi connectivity index (χ2n) is 6.19. The summed E-state index contributed by atoms with van der Waals surface area (Å²) in [5, 5.41) is 0. The summed E-state index contributed by atoms with van der Waals surface area (Å²) in [6, 6.07) is 6.51. The molecule has 1 aromatic carbocycles. The average Bonchev–Trinajstić information content (AvgIpc) is 2.34. The molecule has 1 aromatic rings. The van der Waals surface area contributed by atoms with Gasteiger partial charge in [-0.1, -0.05) is 24.3 Å². The zero-order valence-corrected chi connectivity index (χ0v) is 12.5. The van der Waals surface area contributed by atoms with E-state index in [2.05, 4.69) is 0 Å². The fourth-order valence-corrected chi connectivity index (χ4v) is 2.08. The van der Waals surface area contributed by atoms with Crippen molar-refractivity contribution in [3.8, 4) is 0 Å². The molecule has 5 heteroatoms. The zero-order chi connectivity index (χ0) is 15.6. The van der Waals surface area contributed by atoms with E-state index in [1.54, 1.807) is 24.3 Å². The Morgan fingerprint density at radius 1 is 1.19 bits per heavy atom. The minimum absolute atomic E-state index is 0.00717. The normalized spacial score (nSPS) is 15.3. The lowest BCUT2D eigenvalue weighted by molar-refractivity contribution is 0.00148. The largest absolute Gasteiger partial charge is 0.444 e. The van der Waals surface area contributed by atoms with Crippen LogP contribution in [0.15, 0.2) is 24.3 Å². The molecule has 5 nitrogen and oxygen atoms in total. The smallest absolute Gasteiger partial charge is 0.410 e. The molecule has 1 aliphatic rings. The first kappa shape index (κ1) is 15.2. The van der Waals surface area contributed by atoms with Gasteiger partial charge >= 0.3 is 6.09 Å². The van der Waals surface area contributed by atoms with Gasteiger partial charge in [-0.05, 0) is 20.8 Å². The molecule has 1 saturated heterocycles. The Balaban J connectivity index is 1.90. The van der Waals surface area contributed by atoms with Gasteiger partial charge in [0.15, 0.2) is 5.78 Å². The number of likely N-dealkylation sites (tertiary alicyclic amines) is 1. The third-order valence-electron chi connectivity index (χ3n) is 3.24. The lowest BCUT2D eigenvalue weighted by atomic mass is 9.91. The Labute approximate surface area is 123 Å². The lowest BCUT2D eigenvalue weighted by Crippen LogP contribution is -2.54. The molecular formula is C16H19NO4. The summed E-state index contributed by atoms with van der Waals surface area (Å²) < 4.78 is 5.24. The van der Waals surface area contributed by atoms with E-state index in [-0.39, 0.29) is 17.8 Å². The van der Waals surface area contributed by atoms with Crippen LogP contribution < -0.4 is 0 Å². The van der Waals surface area contributed by atoms with Crippen LogP contribution in [0.2, 0.25) is 0 Å². The molecule has 0 atom stereocenters. The Morgan fingerprint density at radius 3 is 2.24 bits per heavy atom. The number of benzene rings is 1. The van der Waals surface area contributed by atoms with Crippen LogP contribution in [0, 0.1) is 5.92 Å². The molecule has 0 N–H and O–H groups in total. The molecule has 0 aromatic heterocycles. The molecular weight excluding hydrogens is 270 g/mol. The lowest BCUT2D eigenvalue weighted by Gasteiger charge is -2.38. The Morgan fingerprint density at radius 2 is 1.76 bits per heavy atom. The SMILES string of the molecule is CC(C)(C)OC(=O)N1CC(C(=O)c2ccc(C=O)cc2)C1. The number of ketones is 1. The van der Waals surface area contributed by atoms with Gasteiger partial charge in [-0.2, -0.15) is 0 Å². The van der Waals surface area contributed by atoms with Crippen molar-refractivity contribution >= 4 is 18.2 Å². The molecule has 21 heavy (non-hydrogen) atoms. The van der Waals surface area contributed by atoms with Crippen LogP contribution in [0.25, 0.3) is 0 Å². The Bertz CT molecular complexity index is 551. The monoisotopic (exact) mass is 289 g/mol. The zero-order valence-electron chi connectivity index (χ0n) is 12.5. The predicted octanol–water partition coefficient (Wildman–Crippen LogP) is 2.55. The number of hydrogen-bond donors (Lipinski definition) is 0. The number of nitrogens with zero attached hydrogens (tertiary/aromatic N) is 1. The number of Topliss-reactive ketones (excluding diaryl/α,β-unsaturated/α-hetero) is 1. The van der Waals surface area contributed by atoms with Crippen molar-refractivity contribution in [1.29, 1.82) is 0 Å². The first-order valence-corrected chi connectivity index (χ1v) is 6.87. The molecule has 0 bridgehead atoms. The number of carbonyl (C=O) groups excluding carboxylic acids is 3. The minimum atomic E-state index is -0.531. The van der Waals surface area contributed by atoms with Gasteiger partial charge in [-0.15, -0.1) is 0 Å². The van der Waals surface area contributed by atoms with E-state index in [1.165, 1.54) is 4.90 Å². The highest BCUT2D eigenvalue weighted by atomic mass is 16.6. The maximum absolute atomic E-state index is 12.2. The van der Waals surface area contributed by atoms with E-state index < -0.39 is 5.60 Å².